The lowest BCUT2D eigenvalue weighted by Gasteiger charge is -2.00. The minimum absolute atomic E-state index is 0.183. The van der Waals surface area contributed by atoms with Crippen molar-refractivity contribution in [2.45, 2.75) is 11.3 Å². The Labute approximate surface area is 136 Å². The van der Waals surface area contributed by atoms with Gasteiger partial charge in [0.2, 0.25) is 0 Å². The van der Waals surface area contributed by atoms with Crippen LogP contribution in [0.2, 0.25) is 10.0 Å². The molecular formula is C14H12Cl2O2S2. The predicted molar refractivity (Wildman–Crippen MR) is 87.1 cm³/mol. The Morgan fingerprint density at radius 3 is 2.80 bits per heavy atom. The molecule has 2 nitrogen and oxygen atoms in total. The molecule has 2 rings (SSSR count). The van der Waals surface area contributed by atoms with E-state index in [2.05, 4.69) is 16.2 Å². The second kappa shape index (κ2) is 7.36. The summed E-state index contributed by atoms with van der Waals surface area (Å²) >= 11 is 15.2. The summed E-state index contributed by atoms with van der Waals surface area (Å²) in [6.07, 6.45) is 0.416. The Kier molecular flexibility index (Phi) is 5.78. The molecule has 0 unspecified atom stereocenters. The predicted octanol–water partition coefficient (Wildman–Crippen LogP) is 5.38. The highest BCUT2D eigenvalue weighted by atomic mass is 35.5. The molecule has 0 saturated carbocycles. The van der Waals surface area contributed by atoms with Crippen LogP contribution >= 0.6 is 46.3 Å². The maximum absolute atomic E-state index is 11.0. The van der Waals surface area contributed by atoms with Crippen molar-refractivity contribution in [1.29, 1.82) is 0 Å². The molecule has 1 aromatic heterocycles. The smallest absolute Gasteiger partial charge is 0.306 e. The van der Waals surface area contributed by atoms with Crippen molar-refractivity contribution >= 4 is 52.3 Å². The maximum Gasteiger partial charge on any atom is 0.306 e. The molecule has 0 atom stereocenters. The van der Waals surface area contributed by atoms with Gasteiger partial charge in [-0.05, 0) is 23.8 Å². The highest BCUT2D eigenvalue weighted by molar-refractivity contribution is 7.99. The normalized spacial score (nSPS) is 10.6. The number of benzene rings is 1. The van der Waals surface area contributed by atoms with Crippen LogP contribution < -0.4 is 0 Å². The fraction of sp³-hybridized carbons (Fsp3) is 0.214. The summed E-state index contributed by atoms with van der Waals surface area (Å²) in [7, 11) is 1.40. The number of carbonyl (C=O) groups excluding carboxylic acids is 1. The summed E-state index contributed by atoms with van der Waals surface area (Å²) in [5.74, 6) is 0.530. The van der Waals surface area contributed by atoms with E-state index in [0.29, 0.717) is 22.2 Å². The second-order valence-electron chi connectivity index (χ2n) is 3.95. The van der Waals surface area contributed by atoms with Crippen LogP contribution in [-0.2, 0) is 9.53 Å². The topological polar surface area (TPSA) is 26.3 Å². The number of hydrogen-bond donors (Lipinski definition) is 0. The molecule has 0 aliphatic carbocycles. The zero-order valence-corrected chi connectivity index (χ0v) is 13.8. The van der Waals surface area contributed by atoms with Crippen molar-refractivity contribution in [3.05, 3.63) is 39.7 Å². The number of halogens is 2. The first kappa shape index (κ1) is 15.7. The Hall–Kier alpha value is -0.680. The number of hydrogen-bond acceptors (Lipinski definition) is 4. The van der Waals surface area contributed by atoms with E-state index in [0.717, 1.165) is 15.3 Å². The summed E-state index contributed by atoms with van der Waals surface area (Å²) in [4.78, 5) is 13.3. The number of carbonyl (C=O) groups is 1. The fourth-order valence-corrected chi connectivity index (χ4v) is 3.81. The van der Waals surface area contributed by atoms with Gasteiger partial charge in [0.1, 0.15) is 0 Å². The molecule has 0 spiro atoms. The quantitative estimate of drug-likeness (QED) is 0.537. The number of methoxy groups -OCH3 is 1. The highest BCUT2D eigenvalue weighted by Crippen LogP contribution is 2.35. The minimum Gasteiger partial charge on any atom is -0.469 e. The number of ether oxygens (including phenoxy) is 1. The fourth-order valence-electron chi connectivity index (χ4n) is 1.55. The number of thioether (sulfide) groups is 1. The van der Waals surface area contributed by atoms with Crippen molar-refractivity contribution in [3.63, 3.8) is 0 Å². The molecular weight excluding hydrogens is 335 g/mol. The van der Waals surface area contributed by atoms with E-state index in [1.54, 1.807) is 29.2 Å². The average Bonchev–Trinajstić information content (AvgIpc) is 2.90. The Morgan fingerprint density at radius 1 is 1.30 bits per heavy atom. The van der Waals surface area contributed by atoms with Crippen LogP contribution in [0, 0.1) is 0 Å². The standard InChI is InChI=1S/C14H12Cl2O2S2/c1-18-14(17)4-5-19-10-7-13(20-8-10)9-2-3-11(15)12(16)6-9/h2-3,6-8H,4-5H2,1H3. The lowest BCUT2D eigenvalue weighted by atomic mass is 10.2. The maximum atomic E-state index is 11.0. The van der Waals surface area contributed by atoms with Crippen LogP contribution in [0.25, 0.3) is 10.4 Å². The molecule has 0 fully saturated rings. The second-order valence-corrected chi connectivity index (χ2v) is 6.84. The molecule has 0 radical (unpaired) electrons. The summed E-state index contributed by atoms with van der Waals surface area (Å²) in [6, 6.07) is 7.69. The number of thiophene rings is 1. The Balaban J connectivity index is 2.01. The molecule has 0 N–H and O–H groups in total. The summed E-state index contributed by atoms with van der Waals surface area (Å²) in [5.41, 5.74) is 1.05. The molecule has 0 bridgehead atoms. The first-order valence-corrected chi connectivity index (χ1v) is 8.46. The molecule has 2 aromatic rings. The summed E-state index contributed by atoms with van der Waals surface area (Å²) in [6.45, 7) is 0. The zero-order valence-electron chi connectivity index (χ0n) is 10.7. The van der Waals surface area contributed by atoms with Gasteiger partial charge in [0.25, 0.3) is 0 Å². The SMILES string of the molecule is COC(=O)CCSc1csc(-c2ccc(Cl)c(Cl)c2)c1. The molecule has 6 heteroatoms. The van der Waals surface area contributed by atoms with Crippen LogP contribution in [0.1, 0.15) is 6.42 Å². The van der Waals surface area contributed by atoms with Gasteiger partial charge in [0, 0.05) is 20.9 Å². The van der Waals surface area contributed by atoms with E-state index in [1.165, 1.54) is 7.11 Å². The van der Waals surface area contributed by atoms with Crippen LogP contribution in [0.5, 0.6) is 0 Å². The monoisotopic (exact) mass is 346 g/mol. The van der Waals surface area contributed by atoms with Gasteiger partial charge in [-0.1, -0.05) is 29.3 Å². The number of rotatable bonds is 5. The van der Waals surface area contributed by atoms with Crippen LogP contribution in [0.3, 0.4) is 0 Å². The number of esters is 1. The van der Waals surface area contributed by atoms with Gasteiger partial charge in [-0.25, -0.2) is 0 Å². The van der Waals surface area contributed by atoms with Crippen molar-refractivity contribution in [2.75, 3.05) is 12.9 Å². The third kappa shape index (κ3) is 4.16. The Morgan fingerprint density at radius 2 is 2.10 bits per heavy atom. The van der Waals surface area contributed by atoms with Crippen LogP contribution in [0.15, 0.2) is 34.5 Å². The lowest BCUT2D eigenvalue weighted by Crippen LogP contribution is -2.00. The van der Waals surface area contributed by atoms with Gasteiger partial charge < -0.3 is 4.74 Å². The van der Waals surface area contributed by atoms with Gasteiger partial charge in [0.05, 0.1) is 23.6 Å². The van der Waals surface area contributed by atoms with Crippen molar-refractivity contribution in [1.82, 2.24) is 0 Å². The first-order chi connectivity index (χ1) is 9.60. The van der Waals surface area contributed by atoms with E-state index in [9.17, 15) is 4.79 Å². The van der Waals surface area contributed by atoms with Crippen LogP contribution in [0.4, 0.5) is 0 Å². The third-order valence-corrected chi connectivity index (χ3v) is 5.43. The van der Waals surface area contributed by atoms with Gasteiger partial charge in [-0.3, -0.25) is 4.79 Å². The van der Waals surface area contributed by atoms with Crippen molar-refractivity contribution in [2.24, 2.45) is 0 Å². The van der Waals surface area contributed by atoms with Gasteiger partial charge in [-0.15, -0.1) is 23.1 Å². The first-order valence-electron chi connectivity index (χ1n) is 5.83. The molecule has 20 heavy (non-hydrogen) atoms. The molecule has 1 heterocycles. The average molecular weight is 347 g/mol. The molecule has 0 amide bonds. The summed E-state index contributed by atoms with van der Waals surface area (Å²) in [5, 5.41) is 3.18. The van der Waals surface area contributed by atoms with Crippen molar-refractivity contribution in [3.8, 4) is 10.4 Å². The molecule has 0 saturated heterocycles. The van der Waals surface area contributed by atoms with Gasteiger partial charge in [0.15, 0.2) is 0 Å². The molecule has 0 aliphatic heterocycles. The lowest BCUT2D eigenvalue weighted by molar-refractivity contribution is -0.140. The molecule has 0 aliphatic rings. The van der Waals surface area contributed by atoms with Crippen LogP contribution in [-0.4, -0.2) is 18.8 Å². The summed E-state index contributed by atoms with van der Waals surface area (Å²) < 4.78 is 4.61. The van der Waals surface area contributed by atoms with E-state index < -0.39 is 0 Å². The molecule has 1 aromatic carbocycles. The van der Waals surface area contributed by atoms with E-state index in [4.69, 9.17) is 23.2 Å². The van der Waals surface area contributed by atoms with E-state index in [-0.39, 0.29) is 5.97 Å². The Bertz CT molecular complexity index is 611. The van der Waals surface area contributed by atoms with Crippen molar-refractivity contribution < 1.29 is 9.53 Å². The zero-order chi connectivity index (χ0) is 14.5. The van der Waals surface area contributed by atoms with E-state index >= 15 is 0 Å². The minimum atomic E-state index is -0.183. The highest BCUT2D eigenvalue weighted by Gasteiger charge is 2.07. The largest absolute Gasteiger partial charge is 0.469 e. The van der Waals surface area contributed by atoms with E-state index in [1.807, 2.05) is 12.1 Å². The third-order valence-electron chi connectivity index (χ3n) is 2.58. The van der Waals surface area contributed by atoms with Gasteiger partial charge in [-0.2, -0.15) is 0 Å². The molecule has 106 valence electrons. The van der Waals surface area contributed by atoms with Gasteiger partial charge >= 0.3 is 5.97 Å².